The first-order chi connectivity index (χ1) is 14.4. The van der Waals surface area contributed by atoms with Crippen LogP contribution in [0.1, 0.15) is 23.4 Å². The van der Waals surface area contributed by atoms with Gasteiger partial charge in [0.15, 0.2) is 5.82 Å². The molecule has 158 valence electrons. The van der Waals surface area contributed by atoms with Gasteiger partial charge in [0.1, 0.15) is 0 Å². The molecule has 2 aromatic carbocycles. The molecule has 3 aromatic rings. The van der Waals surface area contributed by atoms with Crippen molar-refractivity contribution in [1.29, 1.82) is 0 Å². The van der Waals surface area contributed by atoms with Crippen LogP contribution in [0.5, 0.6) is 0 Å². The van der Waals surface area contributed by atoms with Gasteiger partial charge >= 0.3 is 7.12 Å². The number of alkyl halides is 2. The highest BCUT2D eigenvalue weighted by atomic mass is 35.5. The molecule has 1 aliphatic heterocycles. The van der Waals surface area contributed by atoms with E-state index in [2.05, 4.69) is 4.98 Å². The van der Waals surface area contributed by atoms with Gasteiger partial charge in [-0.15, -0.1) is 0 Å². The van der Waals surface area contributed by atoms with Crippen molar-refractivity contribution in [1.82, 2.24) is 9.55 Å². The molecule has 0 bridgehead atoms. The summed E-state index contributed by atoms with van der Waals surface area (Å²) in [5.74, 6) is -0.426. The highest BCUT2D eigenvalue weighted by molar-refractivity contribution is 6.61. The molecule has 0 saturated carbocycles. The summed E-state index contributed by atoms with van der Waals surface area (Å²) in [6, 6.07) is 8.71. The predicted octanol–water partition coefficient (Wildman–Crippen LogP) is 2.50. The monoisotopic (exact) mass is 435 g/mol. The van der Waals surface area contributed by atoms with Crippen molar-refractivity contribution >= 4 is 40.9 Å². The molecule has 30 heavy (non-hydrogen) atoms. The summed E-state index contributed by atoms with van der Waals surface area (Å²) >= 11 is 6.21. The molecule has 4 rings (SSSR count). The topological polar surface area (TPSA) is 70.8 Å². The number of nitrogens with zero attached hydrogens (tertiary/aromatic N) is 3. The van der Waals surface area contributed by atoms with Crippen LogP contribution in [0.3, 0.4) is 0 Å². The lowest BCUT2D eigenvalue weighted by Crippen LogP contribution is -2.38. The zero-order valence-corrected chi connectivity index (χ0v) is 17.1. The predicted molar refractivity (Wildman–Crippen MR) is 113 cm³/mol. The molecule has 0 spiro atoms. The van der Waals surface area contributed by atoms with Crippen LogP contribution in [0.2, 0.25) is 5.02 Å². The first kappa shape index (κ1) is 21.1. The Balaban J connectivity index is 1.91. The highest BCUT2D eigenvalue weighted by Crippen LogP contribution is 2.29. The van der Waals surface area contributed by atoms with Gasteiger partial charge in [0.2, 0.25) is 0 Å². The second-order valence-corrected chi connectivity index (χ2v) is 7.66. The van der Waals surface area contributed by atoms with Crippen LogP contribution >= 0.6 is 11.6 Å². The normalized spacial score (nSPS) is 14.7. The van der Waals surface area contributed by atoms with Crippen LogP contribution in [-0.2, 0) is 11.3 Å². The second kappa shape index (κ2) is 8.51. The summed E-state index contributed by atoms with van der Waals surface area (Å²) in [5, 5.41) is 20.4. The minimum Gasteiger partial charge on any atom is -0.423 e. The average Bonchev–Trinajstić information content (AvgIpc) is 3.10. The summed E-state index contributed by atoms with van der Waals surface area (Å²) in [6.45, 7) is 4.29. The lowest BCUT2D eigenvalue weighted by Gasteiger charge is -2.29. The number of hydrogen-bond donors (Lipinski definition) is 2. The average molecular weight is 436 g/mol. The van der Waals surface area contributed by atoms with Crippen molar-refractivity contribution < 1.29 is 23.6 Å². The number of hydrogen-bond acceptors (Lipinski definition) is 5. The Kier molecular flexibility index (Phi) is 5.97. The third-order valence-electron chi connectivity index (χ3n) is 5.46. The standard InChI is InChI=1S/C20H21BClF2N3O3/c1-12-13(3-2-4-16(12)22)11-27-17-10-14(26-5-7-30-8-6-26)9-15(21(28)29)18(17)25-20(27)19(23)24/h2-4,9-10,19,28-29H,5-8,11H2,1H3. The summed E-state index contributed by atoms with van der Waals surface area (Å²) < 4.78 is 34.6. The molecule has 1 fully saturated rings. The summed E-state index contributed by atoms with van der Waals surface area (Å²) in [6.07, 6.45) is -2.83. The number of anilines is 1. The second-order valence-electron chi connectivity index (χ2n) is 7.26. The van der Waals surface area contributed by atoms with Gasteiger partial charge in [-0.05, 0) is 36.2 Å². The Bertz CT molecular complexity index is 1070. The number of halogens is 3. The van der Waals surface area contributed by atoms with Crippen molar-refractivity contribution in [2.75, 3.05) is 31.2 Å². The van der Waals surface area contributed by atoms with Crippen LogP contribution < -0.4 is 10.4 Å². The van der Waals surface area contributed by atoms with E-state index in [-0.39, 0.29) is 17.5 Å². The van der Waals surface area contributed by atoms with Crippen LogP contribution in [0, 0.1) is 6.92 Å². The number of benzene rings is 2. The van der Waals surface area contributed by atoms with E-state index in [0.29, 0.717) is 42.5 Å². The van der Waals surface area contributed by atoms with Crippen LogP contribution in [0.25, 0.3) is 11.0 Å². The summed E-state index contributed by atoms with van der Waals surface area (Å²) in [4.78, 5) is 6.11. The number of rotatable bonds is 5. The molecule has 0 amide bonds. The van der Waals surface area contributed by atoms with E-state index >= 15 is 0 Å². The zero-order valence-electron chi connectivity index (χ0n) is 16.4. The zero-order chi connectivity index (χ0) is 21.4. The smallest absolute Gasteiger partial charge is 0.423 e. The van der Waals surface area contributed by atoms with E-state index in [4.69, 9.17) is 16.3 Å². The van der Waals surface area contributed by atoms with Gasteiger partial charge in [0.05, 0.1) is 24.2 Å². The Morgan fingerprint density at radius 3 is 2.63 bits per heavy atom. The molecule has 1 aromatic heterocycles. The Hall–Kier alpha value is -2.20. The molecule has 2 N–H and O–H groups in total. The van der Waals surface area contributed by atoms with Crippen LogP contribution in [0.15, 0.2) is 30.3 Å². The molecule has 0 atom stereocenters. The first-order valence-electron chi connectivity index (χ1n) is 9.62. The lowest BCUT2D eigenvalue weighted by atomic mass is 9.79. The molecule has 10 heteroatoms. The quantitative estimate of drug-likeness (QED) is 0.603. The maximum atomic E-state index is 13.9. The van der Waals surface area contributed by atoms with Gasteiger partial charge < -0.3 is 24.3 Å². The van der Waals surface area contributed by atoms with Crippen molar-refractivity contribution in [3.8, 4) is 0 Å². The minimum absolute atomic E-state index is 0.0949. The number of imidazole rings is 1. The Labute approximate surface area is 177 Å². The Morgan fingerprint density at radius 2 is 1.97 bits per heavy atom. The van der Waals surface area contributed by atoms with E-state index in [1.807, 2.05) is 17.9 Å². The van der Waals surface area contributed by atoms with Gasteiger partial charge in [0, 0.05) is 35.8 Å². The fraction of sp³-hybridized carbons (Fsp3) is 0.350. The maximum Gasteiger partial charge on any atom is 0.490 e. The van der Waals surface area contributed by atoms with Gasteiger partial charge in [-0.2, -0.15) is 0 Å². The van der Waals surface area contributed by atoms with Crippen molar-refractivity contribution in [2.45, 2.75) is 19.9 Å². The van der Waals surface area contributed by atoms with Crippen molar-refractivity contribution in [3.05, 3.63) is 52.3 Å². The molecule has 1 saturated heterocycles. The molecule has 6 nitrogen and oxygen atoms in total. The fourth-order valence-electron chi connectivity index (χ4n) is 3.78. The molecule has 0 aliphatic carbocycles. The lowest BCUT2D eigenvalue weighted by molar-refractivity contribution is 0.122. The number of aromatic nitrogens is 2. The molecule has 0 unspecified atom stereocenters. The van der Waals surface area contributed by atoms with Crippen molar-refractivity contribution in [2.24, 2.45) is 0 Å². The molecule has 2 heterocycles. The maximum absolute atomic E-state index is 13.9. The van der Waals surface area contributed by atoms with E-state index in [1.165, 1.54) is 4.57 Å². The van der Waals surface area contributed by atoms with Gasteiger partial charge in [-0.1, -0.05) is 23.7 Å². The number of ether oxygens (including phenoxy) is 1. The van der Waals surface area contributed by atoms with Gasteiger partial charge in [-0.3, -0.25) is 0 Å². The van der Waals surface area contributed by atoms with Crippen LogP contribution in [0.4, 0.5) is 14.5 Å². The minimum atomic E-state index is -2.83. The first-order valence-corrected chi connectivity index (χ1v) is 9.99. The Morgan fingerprint density at radius 1 is 1.23 bits per heavy atom. The van der Waals surface area contributed by atoms with Gasteiger partial charge in [-0.25, -0.2) is 13.8 Å². The van der Waals surface area contributed by atoms with E-state index < -0.39 is 19.4 Å². The summed E-state index contributed by atoms with van der Waals surface area (Å²) in [5.41, 5.74) is 2.95. The van der Waals surface area contributed by atoms with E-state index in [1.54, 1.807) is 24.3 Å². The number of morpholine rings is 1. The van der Waals surface area contributed by atoms with Crippen molar-refractivity contribution in [3.63, 3.8) is 0 Å². The fourth-order valence-corrected chi connectivity index (χ4v) is 3.97. The summed E-state index contributed by atoms with van der Waals surface area (Å²) in [7, 11) is -1.84. The molecular formula is C20H21BClF2N3O3. The number of fused-ring (bicyclic) bond motifs is 1. The molecule has 0 radical (unpaired) electrons. The van der Waals surface area contributed by atoms with E-state index in [0.717, 1.165) is 11.1 Å². The third-order valence-corrected chi connectivity index (χ3v) is 5.87. The SMILES string of the molecule is Cc1c(Cl)cccc1Cn1c(C(F)F)nc2c(B(O)O)cc(N3CCOCC3)cc21. The van der Waals surface area contributed by atoms with E-state index in [9.17, 15) is 18.8 Å². The largest absolute Gasteiger partial charge is 0.490 e. The van der Waals surface area contributed by atoms with Gasteiger partial charge in [0.25, 0.3) is 6.43 Å². The molecule has 1 aliphatic rings. The molecular weight excluding hydrogens is 414 g/mol. The van der Waals surface area contributed by atoms with Crippen LogP contribution in [-0.4, -0.2) is 53.0 Å². The highest BCUT2D eigenvalue weighted by Gasteiger charge is 2.27. The third kappa shape index (κ3) is 3.90.